The van der Waals surface area contributed by atoms with Crippen molar-refractivity contribution in [2.75, 3.05) is 26.7 Å². The molecule has 0 aromatic rings. The van der Waals surface area contributed by atoms with Gasteiger partial charge < -0.3 is 15.5 Å². The molecule has 1 saturated heterocycles. The van der Waals surface area contributed by atoms with Crippen molar-refractivity contribution >= 4 is 11.9 Å². The molecule has 0 radical (unpaired) electrons. The van der Waals surface area contributed by atoms with Crippen molar-refractivity contribution in [2.45, 2.75) is 19.3 Å². The van der Waals surface area contributed by atoms with Gasteiger partial charge in [-0.1, -0.05) is 0 Å². The molecule has 14 heavy (non-hydrogen) atoms. The van der Waals surface area contributed by atoms with Gasteiger partial charge in [0.1, 0.15) is 0 Å². The number of amidine groups is 1. The number of likely N-dealkylation sites (tertiary alicyclic amines) is 1. The van der Waals surface area contributed by atoms with Crippen LogP contribution in [0.2, 0.25) is 0 Å². The van der Waals surface area contributed by atoms with Gasteiger partial charge in [-0.3, -0.25) is 5.41 Å². The van der Waals surface area contributed by atoms with Crippen LogP contribution in [0.1, 0.15) is 19.3 Å². The van der Waals surface area contributed by atoms with E-state index in [1.807, 2.05) is 4.90 Å². The van der Waals surface area contributed by atoms with E-state index in [0.717, 1.165) is 32.4 Å². The van der Waals surface area contributed by atoms with E-state index >= 15 is 0 Å². The second-order valence-electron chi connectivity index (χ2n) is 3.40. The van der Waals surface area contributed by atoms with Crippen LogP contribution >= 0.6 is 0 Å². The van der Waals surface area contributed by atoms with Gasteiger partial charge in [-0.15, -0.1) is 0 Å². The summed E-state index contributed by atoms with van der Waals surface area (Å²) in [7, 11) is 1.60. The zero-order valence-corrected chi connectivity index (χ0v) is 8.60. The fourth-order valence-electron chi connectivity index (χ4n) is 1.53. The van der Waals surface area contributed by atoms with Crippen LogP contribution in [0.25, 0.3) is 0 Å². The van der Waals surface area contributed by atoms with Crippen molar-refractivity contribution in [1.82, 2.24) is 15.5 Å². The first kappa shape index (κ1) is 10.8. The normalized spacial score (nSPS) is 16.6. The van der Waals surface area contributed by atoms with Crippen molar-refractivity contribution in [3.8, 4) is 0 Å². The molecule has 0 spiro atoms. The van der Waals surface area contributed by atoms with E-state index < -0.39 is 0 Å². The molecule has 1 aliphatic heterocycles. The van der Waals surface area contributed by atoms with E-state index in [4.69, 9.17) is 5.41 Å². The molecule has 5 nitrogen and oxygen atoms in total. The van der Waals surface area contributed by atoms with Crippen molar-refractivity contribution in [2.24, 2.45) is 0 Å². The van der Waals surface area contributed by atoms with Gasteiger partial charge >= 0.3 is 6.03 Å². The van der Waals surface area contributed by atoms with Crippen molar-refractivity contribution in [1.29, 1.82) is 5.41 Å². The third-order valence-electron chi connectivity index (χ3n) is 2.37. The fraction of sp³-hybridized carbons (Fsp3) is 0.778. The lowest BCUT2D eigenvalue weighted by Gasteiger charge is -2.29. The molecular weight excluding hydrogens is 180 g/mol. The molecule has 0 aliphatic carbocycles. The van der Waals surface area contributed by atoms with E-state index in [1.54, 1.807) is 7.05 Å². The number of rotatable bonds is 3. The van der Waals surface area contributed by atoms with Gasteiger partial charge in [-0.2, -0.15) is 0 Å². The summed E-state index contributed by atoms with van der Waals surface area (Å²) in [6.45, 7) is 2.29. The van der Waals surface area contributed by atoms with Crippen LogP contribution in [0.4, 0.5) is 4.79 Å². The summed E-state index contributed by atoms with van der Waals surface area (Å²) in [5.74, 6) is 0.704. The molecule has 3 N–H and O–H groups in total. The number of hydrogen-bond acceptors (Lipinski definition) is 2. The van der Waals surface area contributed by atoms with Crippen molar-refractivity contribution < 1.29 is 4.79 Å². The van der Waals surface area contributed by atoms with Crippen LogP contribution in [0, 0.1) is 5.41 Å². The van der Waals surface area contributed by atoms with Gasteiger partial charge in [0.15, 0.2) is 0 Å². The number of amides is 2. The molecule has 2 amide bonds. The number of carbonyl (C=O) groups is 1. The first-order chi connectivity index (χ1) is 6.74. The van der Waals surface area contributed by atoms with Crippen LogP contribution in [0.3, 0.4) is 0 Å². The van der Waals surface area contributed by atoms with E-state index in [-0.39, 0.29) is 6.03 Å². The Bertz CT molecular complexity index is 217. The predicted octanol–water partition coefficient (Wildman–Crippen LogP) is 0.379. The average molecular weight is 198 g/mol. The third kappa shape index (κ3) is 3.24. The molecular formula is C9H18N4O. The highest BCUT2D eigenvalue weighted by atomic mass is 16.2. The summed E-state index contributed by atoms with van der Waals surface area (Å²) < 4.78 is 0. The minimum Gasteiger partial charge on any atom is -0.359 e. The molecule has 0 bridgehead atoms. The zero-order valence-electron chi connectivity index (χ0n) is 8.60. The van der Waals surface area contributed by atoms with Gasteiger partial charge in [0, 0.05) is 33.1 Å². The second kappa shape index (κ2) is 5.47. The average Bonchev–Trinajstić information content (AvgIpc) is 2.20. The summed E-state index contributed by atoms with van der Waals surface area (Å²) in [4.78, 5) is 12.9. The lowest BCUT2D eigenvalue weighted by molar-refractivity contribution is 0.241. The van der Waals surface area contributed by atoms with E-state index in [2.05, 4.69) is 10.6 Å². The molecule has 1 rings (SSSR count). The Morgan fingerprint density at radius 2 is 2.36 bits per heavy atom. The standard InChI is InChI=1S/C9H18N4O/c1-11-9(14)12-5-7-13-6-3-2-4-8(13)10/h10H,2-7H2,1H3,(H2,11,12,14). The van der Waals surface area contributed by atoms with Crippen molar-refractivity contribution in [3.05, 3.63) is 0 Å². The van der Waals surface area contributed by atoms with E-state index in [9.17, 15) is 4.79 Å². The molecule has 0 aromatic carbocycles. The third-order valence-corrected chi connectivity index (χ3v) is 2.37. The highest BCUT2D eigenvalue weighted by Crippen LogP contribution is 2.09. The summed E-state index contributed by atoms with van der Waals surface area (Å²) in [6.07, 6.45) is 3.15. The van der Waals surface area contributed by atoms with Crippen LogP contribution in [0.15, 0.2) is 0 Å². The Morgan fingerprint density at radius 3 is 3.00 bits per heavy atom. The zero-order chi connectivity index (χ0) is 10.4. The lowest BCUT2D eigenvalue weighted by atomic mass is 10.1. The maximum Gasteiger partial charge on any atom is 0.314 e. The minimum atomic E-state index is -0.159. The molecule has 0 atom stereocenters. The highest BCUT2D eigenvalue weighted by molar-refractivity contribution is 5.79. The van der Waals surface area contributed by atoms with Crippen LogP contribution in [-0.2, 0) is 0 Å². The summed E-state index contributed by atoms with van der Waals surface area (Å²) in [5, 5.41) is 12.9. The summed E-state index contributed by atoms with van der Waals surface area (Å²) >= 11 is 0. The summed E-state index contributed by atoms with van der Waals surface area (Å²) in [5.41, 5.74) is 0. The molecule has 0 saturated carbocycles. The number of carbonyl (C=O) groups excluding carboxylic acids is 1. The van der Waals surface area contributed by atoms with Crippen LogP contribution < -0.4 is 10.6 Å². The van der Waals surface area contributed by atoms with Gasteiger partial charge in [-0.05, 0) is 12.8 Å². The van der Waals surface area contributed by atoms with Gasteiger partial charge in [0.25, 0.3) is 0 Å². The van der Waals surface area contributed by atoms with Crippen LogP contribution in [0.5, 0.6) is 0 Å². The quantitative estimate of drug-likeness (QED) is 0.613. The molecule has 1 aliphatic rings. The molecule has 1 fully saturated rings. The van der Waals surface area contributed by atoms with E-state index in [0.29, 0.717) is 12.4 Å². The molecule has 0 unspecified atom stereocenters. The first-order valence-corrected chi connectivity index (χ1v) is 5.02. The number of nitrogens with one attached hydrogen (secondary N) is 3. The number of nitrogens with zero attached hydrogens (tertiary/aromatic N) is 1. The number of piperidine rings is 1. The lowest BCUT2D eigenvalue weighted by Crippen LogP contribution is -2.42. The highest BCUT2D eigenvalue weighted by Gasteiger charge is 2.13. The monoisotopic (exact) mass is 198 g/mol. The van der Waals surface area contributed by atoms with Crippen molar-refractivity contribution in [3.63, 3.8) is 0 Å². The topological polar surface area (TPSA) is 68.2 Å². The Morgan fingerprint density at radius 1 is 1.57 bits per heavy atom. The maximum atomic E-state index is 10.8. The molecule has 80 valence electrons. The van der Waals surface area contributed by atoms with E-state index in [1.165, 1.54) is 0 Å². The SMILES string of the molecule is CNC(=O)NCCN1CCCCC1=N. The fourth-order valence-corrected chi connectivity index (χ4v) is 1.53. The predicted molar refractivity (Wildman–Crippen MR) is 55.6 cm³/mol. The Labute approximate surface area is 84.4 Å². The Balaban J connectivity index is 2.16. The maximum absolute atomic E-state index is 10.8. The largest absolute Gasteiger partial charge is 0.359 e. The number of urea groups is 1. The minimum absolute atomic E-state index is 0.159. The Hall–Kier alpha value is -1.26. The molecule has 1 heterocycles. The smallest absolute Gasteiger partial charge is 0.314 e. The van der Waals surface area contributed by atoms with Gasteiger partial charge in [0.05, 0.1) is 5.84 Å². The molecule has 5 heteroatoms. The second-order valence-corrected chi connectivity index (χ2v) is 3.40. The molecule has 0 aromatic heterocycles. The Kier molecular flexibility index (Phi) is 4.22. The van der Waals surface area contributed by atoms with Crippen LogP contribution in [-0.4, -0.2) is 43.4 Å². The summed E-state index contributed by atoms with van der Waals surface area (Å²) in [6, 6.07) is -0.159. The number of hydrogen-bond donors (Lipinski definition) is 3. The first-order valence-electron chi connectivity index (χ1n) is 5.02. The van der Waals surface area contributed by atoms with Gasteiger partial charge in [0.2, 0.25) is 0 Å². The van der Waals surface area contributed by atoms with Gasteiger partial charge in [-0.25, -0.2) is 4.79 Å².